The molecule has 2 aliphatic heterocycles. The topological polar surface area (TPSA) is 41.4 Å². The van der Waals surface area contributed by atoms with Gasteiger partial charge in [0, 0.05) is 32.1 Å². The van der Waals surface area contributed by atoms with E-state index in [9.17, 15) is 9.18 Å². The Kier molecular flexibility index (Phi) is 5.15. The van der Waals surface area contributed by atoms with Crippen LogP contribution in [0.3, 0.4) is 0 Å². The van der Waals surface area contributed by atoms with Gasteiger partial charge in [0.05, 0.1) is 17.6 Å². The Labute approximate surface area is 176 Å². The van der Waals surface area contributed by atoms with Crippen molar-refractivity contribution < 1.29 is 9.18 Å². The molecule has 0 unspecified atom stereocenters. The summed E-state index contributed by atoms with van der Waals surface area (Å²) in [6, 6.07) is 14.8. The molecule has 0 spiro atoms. The van der Waals surface area contributed by atoms with Crippen molar-refractivity contribution in [3.63, 3.8) is 0 Å². The summed E-state index contributed by atoms with van der Waals surface area (Å²) in [5.74, 6) is 1.15. The summed E-state index contributed by atoms with van der Waals surface area (Å²) in [5, 5.41) is 0. The predicted molar refractivity (Wildman–Crippen MR) is 116 cm³/mol. The second-order valence-corrected chi connectivity index (χ2v) is 8.41. The van der Waals surface area contributed by atoms with E-state index in [1.807, 2.05) is 29.2 Å². The van der Waals surface area contributed by atoms with Crippen LogP contribution in [0.25, 0.3) is 11.0 Å². The van der Waals surface area contributed by atoms with Crippen molar-refractivity contribution >= 4 is 22.9 Å². The van der Waals surface area contributed by atoms with Crippen LogP contribution in [-0.2, 0) is 11.3 Å². The van der Waals surface area contributed by atoms with E-state index in [4.69, 9.17) is 4.98 Å². The third-order valence-corrected chi connectivity index (χ3v) is 6.41. The van der Waals surface area contributed by atoms with Crippen LogP contribution >= 0.6 is 0 Å². The summed E-state index contributed by atoms with van der Waals surface area (Å²) >= 11 is 0. The number of amides is 1. The third-order valence-electron chi connectivity index (χ3n) is 6.41. The van der Waals surface area contributed by atoms with Gasteiger partial charge in [-0.05, 0) is 55.5 Å². The van der Waals surface area contributed by atoms with Gasteiger partial charge in [-0.15, -0.1) is 0 Å². The van der Waals surface area contributed by atoms with Gasteiger partial charge in [0.1, 0.15) is 5.82 Å². The van der Waals surface area contributed by atoms with Gasteiger partial charge < -0.3 is 14.4 Å². The van der Waals surface area contributed by atoms with E-state index in [0.29, 0.717) is 12.5 Å². The van der Waals surface area contributed by atoms with Crippen molar-refractivity contribution in [2.45, 2.75) is 32.2 Å². The lowest BCUT2D eigenvalue weighted by atomic mass is 9.95. The van der Waals surface area contributed by atoms with Gasteiger partial charge in [-0.3, -0.25) is 4.79 Å². The molecule has 156 valence electrons. The maximum Gasteiger partial charge on any atom is 0.225 e. The van der Waals surface area contributed by atoms with Crippen LogP contribution in [0.1, 0.15) is 31.2 Å². The van der Waals surface area contributed by atoms with Crippen molar-refractivity contribution in [2.24, 2.45) is 5.92 Å². The highest BCUT2D eigenvalue weighted by Gasteiger charge is 2.31. The first kappa shape index (κ1) is 19.1. The number of imidazole rings is 1. The zero-order valence-electron chi connectivity index (χ0n) is 17.1. The summed E-state index contributed by atoms with van der Waals surface area (Å²) in [6.45, 7) is 4.04. The van der Waals surface area contributed by atoms with E-state index in [0.717, 1.165) is 74.4 Å². The number of benzene rings is 2. The molecule has 2 saturated heterocycles. The third kappa shape index (κ3) is 3.66. The van der Waals surface area contributed by atoms with Crippen LogP contribution in [-0.4, -0.2) is 46.5 Å². The van der Waals surface area contributed by atoms with Crippen LogP contribution in [0.2, 0.25) is 0 Å². The van der Waals surface area contributed by atoms with Crippen LogP contribution in [0.5, 0.6) is 0 Å². The molecule has 0 N–H and O–H groups in total. The maximum absolute atomic E-state index is 13.7. The Hall–Kier alpha value is -2.89. The van der Waals surface area contributed by atoms with Crippen LogP contribution in [0.4, 0.5) is 10.3 Å². The van der Waals surface area contributed by atoms with E-state index in [-0.39, 0.29) is 11.7 Å². The molecule has 0 bridgehead atoms. The Morgan fingerprint density at radius 1 is 1.00 bits per heavy atom. The number of rotatable bonds is 4. The number of piperidine rings is 1. The summed E-state index contributed by atoms with van der Waals surface area (Å²) in [7, 11) is 0. The van der Waals surface area contributed by atoms with E-state index >= 15 is 0 Å². The fourth-order valence-electron chi connectivity index (χ4n) is 4.80. The molecule has 3 aromatic rings. The molecule has 2 fully saturated rings. The molecule has 30 heavy (non-hydrogen) atoms. The number of aromatic nitrogens is 2. The molecule has 0 aliphatic carbocycles. The van der Waals surface area contributed by atoms with Gasteiger partial charge in [-0.2, -0.15) is 0 Å². The van der Waals surface area contributed by atoms with Gasteiger partial charge in [-0.25, -0.2) is 9.37 Å². The van der Waals surface area contributed by atoms with Crippen LogP contribution in [0, 0.1) is 11.7 Å². The highest BCUT2D eigenvalue weighted by molar-refractivity contribution is 5.80. The minimum atomic E-state index is -0.222. The first-order valence-corrected chi connectivity index (χ1v) is 10.9. The molecule has 1 aromatic heterocycles. The van der Waals surface area contributed by atoms with Crippen LogP contribution in [0.15, 0.2) is 48.5 Å². The first-order valence-electron chi connectivity index (χ1n) is 10.9. The van der Waals surface area contributed by atoms with E-state index < -0.39 is 0 Å². The highest BCUT2D eigenvalue weighted by atomic mass is 19.1. The van der Waals surface area contributed by atoms with Crippen molar-refractivity contribution in [3.8, 4) is 0 Å². The van der Waals surface area contributed by atoms with Crippen molar-refractivity contribution in [2.75, 3.05) is 31.1 Å². The van der Waals surface area contributed by atoms with Gasteiger partial charge in [0.25, 0.3) is 0 Å². The number of para-hydroxylation sites is 2. The number of halogens is 1. The lowest BCUT2D eigenvalue weighted by Gasteiger charge is -2.34. The number of fused-ring (bicyclic) bond motifs is 1. The number of carbonyl (C=O) groups is 1. The molecular formula is C24H27FN4O. The minimum absolute atomic E-state index is 0.125. The summed E-state index contributed by atoms with van der Waals surface area (Å²) in [5.41, 5.74) is 2.91. The van der Waals surface area contributed by atoms with Crippen LogP contribution < -0.4 is 4.90 Å². The molecule has 5 rings (SSSR count). The van der Waals surface area contributed by atoms with E-state index in [2.05, 4.69) is 15.5 Å². The highest BCUT2D eigenvalue weighted by Crippen LogP contribution is 2.29. The molecule has 2 aliphatic rings. The molecule has 0 saturated carbocycles. The largest absolute Gasteiger partial charge is 0.342 e. The van der Waals surface area contributed by atoms with Gasteiger partial charge >= 0.3 is 0 Å². The molecule has 5 nitrogen and oxygen atoms in total. The van der Waals surface area contributed by atoms with Crippen molar-refractivity contribution in [3.05, 3.63) is 59.9 Å². The number of anilines is 1. The average Bonchev–Trinajstić information content (AvgIpc) is 3.42. The fourth-order valence-corrected chi connectivity index (χ4v) is 4.80. The second kappa shape index (κ2) is 8.09. The lowest BCUT2D eigenvalue weighted by molar-refractivity contribution is -0.135. The molecule has 0 atom stereocenters. The minimum Gasteiger partial charge on any atom is -0.342 e. The van der Waals surface area contributed by atoms with Gasteiger partial charge in [-0.1, -0.05) is 24.3 Å². The zero-order valence-corrected chi connectivity index (χ0v) is 17.1. The summed E-state index contributed by atoms with van der Waals surface area (Å²) < 4.78 is 15.9. The quantitative estimate of drug-likeness (QED) is 0.656. The zero-order chi connectivity index (χ0) is 20.5. The number of nitrogens with zero attached hydrogens (tertiary/aromatic N) is 4. The van der Waals surface area contributed by atoms with E-state index in [1.54, 1.807) is 12.1 Å². The molecule has 3 heterocycles. The monoisotopic (exact) mass is 406 g/mol. The van der Waals surface area contributed by atoms with Crippen molar-refractivity contribution in [1.29, 1.82) is 0 Å². The van der Waals surface area contributed by atoms with Gasteiger partial charge in [0.2, 0.25) is 11.9 Å². The second-order valence-electron chi connectivity index (χ2n) is 8.41. The number of likely N-dealkylation sites (tertiary alicyclic amines) is 1. The Balaban J connectivity index is 1.38. The number of carbonyl (C=O) groups excluding carboxylic acids is 1. The Morgan fingerprint density at radius 3 is 2.53 bits per heavy atom. The smallest absolute Gasteiger partial charge is 0.225 e. The Morgan fingerprint density at radius 2 is 1.77 bits per heavy atom. The average molecular weight is 407 g/mol. The maximum atomic E-state index is 13.7. The molecule has 2 aromatic carbocycles. The first-order chi connectivity index (χ1) is 14.7. The summed E-state index contributed by atoms with van der Waals surface area (Å²) in [6.07, 6.45) is 3.99. The predicted octanol–water partition coefficient (Wildman–Crippen LogP) is 4.06. The van der Waals surface area contributed by atoms with E-state index in [1.165, 1.54) is 6.07 Å². The van der Waals surface area contributed by atoms with Crippen molar-refractivity contribution in [1.82, 2.24) is 14.5 Å². The van der Waals surface area contributed by atoms with Gasteiger partial charge in [0.15, 0.2) is 0 Å². The normalized spacial score (nSPS) is 17.8. The fraction of sp³-hybridized carbons (Fsp3) is 0.417. The molecule has 0 radical (unpaired) electrons. The lowest BCUT2D eigenvalue weighted by Crippen LogP contribution is -2.42. The molecule has 1 amide bonds. The SMILES string of the molecule is O=C(C1CCN(c2nc3ccccc3n2Cc2cccc(F)c2)CC1)N1CCCC1. The number of hydrogen-bond donors (Lipinski definition) is 0. The number of hydrogen-bond acceptors (Lipinski definition) is 3. The standard InChI is InChI=1S/C24H27FN4O/c25-20-7-5-6-18(16-20)17-29-22-9-2-1-8-21(22)26-24(29)28-14-10-19(11-15-28)23(30)27-12-3-4-13-27/h1-2,5-9,16,19H,3-4,10-15,17H2. The molecule has 6 heteroatoms. The summed E-state index contributed by atoms with van der Waals surface area (Å²) in [4.78, 5) is 22.0. The Bertz CT molecular complexity index is 1050. The molecular weight excluding hydrogens is 379 g/mol.